The van der Waals surface area contributed by atoms with Gasteiger partial charge < -0.3 is 0 Å². The molecule has 0 aromatic carbocycles. The van der Waals surface area contributed by atoms with Gasteiger partial charge in [-0.3, -0.25) is 10.1 Å². The van der Waals surface area contributed by atoms with Gasteiger partial charge in [-0.25, -0.2) is 0 Å². The smallest absolute Gasteiger partial charge is 0.258 e. The van der Waals surface area contributed by atoms with Crippen LogP contribution in [0.25, 0.3) is 0 Å². The molecule has 0 aliphatic rings. The van der Waals surface area contributed by atoms with E-state index < -0.39 is 4.92 Å². The lowest BCUT2D eigenvalue weighted by molar-refractivity contribution is -0.420. The molecular weight excluding hydrogens is 202 g/mol. The lowest BCUT2D eigenvalue weighted by Crippen LogP contribution is -1.97. The molecule has 0 saturated heterocycles. The second-order valence-corrected chi connectivity index (χ2v) is 3.41. The van der Waals surface area contributed by atoms with Crippen LogP contribution in [0.1, 0.15) is 27.2 Å². The molecule has 0 bridgehead atoms. The summed E-state index contributed by atoms with van der Waals surface area (Å²) in [6.45, 7) is 5.34. The molecule has 0 saturated carbocycles. The van der Waals surface area contributed by atoms with E-state index in [1.165, 1.54) is 12.2 Å². The van der Waals surface area contributed by atoms with Gasteiger partial charge in [0, 0.05) is 16.7 Å². The maximum absolute atomic E-state index is 10.5. The summed E-state index contributed by atoms with van der Waals surface area (Å²) in [5.41, 5.74) is 0.750. The molecule has 0 heterocycles. The summed E-state index contributed by atoms with van der Waals surface area (Å²) in [7, 11) is 0. The Morgan fingerprint density at radius 2 is 2.00 bits per heavy atom. The lowest BCUT2D eigenvalue weighted by atomic mass is 10.2. The van der Waals surface area contributed by atoms with E-state index in [1.807, 2.05) is 6.92 Å². The molecule has 14 heavy (non-hydrogen) atoms. The van der Waals surface area contributed by atoms with Crippen LogP contribution in [0.2, 0.25) is 0 Å². The van der Waals surface area contributed by atoms with Crippen molar-refractivity contribution in [1.82, 2.24) is 0 Å². The van der Waals surface area contributed by atoms with Gasteiger partial charge in [0.15, 0.2) is 0 Å². The quantitative estimate of drug-likeness (QED) is 0.408. The van der Waals surface area contributed by atoms with Crippen LogP contribution in [0.4, 0.5) is 0 Å². The Morgan fingerprint density at radius 3 is 2.36 bits per heavy atom. The molecule has 0 rings (SSSR count). The normalized spacial score (nSPS) is 11.9. The Bertz CT molecular complexity index is 299. The highest BCUT2D eigenvalue weighted by Gasteiger charge is 2.07. The van der Waals surface area contributed by atoms with Crippen molar-refractivity contribution in [2.45, 2.75) is 27.2 Å². The van der Waals surface area contributed by atoms with Gasteiger partial charge in [-0.15, -0.1) is 0 Å². The van der Waals surface area contributed by atoms with E-state index in [0.717, 1.165) is 6.42 Å². The van der Waals surface area contributed by atoms with Crippen LogP contribution in [-0.4, -0.2) is 4.92 Å². The number of hydrogen-bond donors (Lipinski definition) is 0. The van der Waals surface area contributed by atoms with E-state index in [4.69, 9.17) is 11.6 Å². The summed E-state index contributed by atoms with van der Waals surface area (Å²) in [4.78, 5) is 10.1. The first-order chi connectivity index (χ1) is 6.49. The predicted molar refractivity (Wildman–Crippen MR) is 58.7 cm³/mol. The zero-order chi connectivity index (χ0) is 11.1. The van der Waals surface area contributed by atoms with Crippen LogP contribution < -0.4 is 0 Å². The summed E-state index contributed by atoms with van der Waals surface area (Å²) in [5, 5.41) is 11.1. The molecule has 0 amide bonds. The first kappa shape index (κ1) is 12.9. The molecule has 0 radical (unpaired) electrons. The number of nitro groups is 1. The van der Waals surface area contributed by atoms with Crippen molar-refractivity contribution in [1.29, 1.82) is 0 Å². The molecule has 0 spiro atoms. The molecule has 0 fully saturated rings. The van der Waals surface area contributed by atoms with Crippen LogP contribution in [0.15, 0.2) is 34.5 Å². The molecule has 0 aromatic rings. The fraction of sp³-hybridized carbons (Fsp3) is 0.400. The second kappa shape index (κ2) is 6.38. The van der Waals surface area contributed by atoms with Crippen LogP contribution in [0.3, 0.4) is 0 Å². The minimum absolute atomic E-state index is 0.0904. The highest BCUT2D eigenvalue weighted by Crippen LogP contribution is 2.10. The Balaban J connectivity index is 4.72. The first-order valence-electron chi connectivity index (χ1n) is 4.34. The van der Waals surface area contributed by atoms with Gasteiger partial charge in [0.25, 0.3) is 5.70 Å². The van der Waals surface area contributed by atoms with E-state index in [1.54, 1.807) is 19.9 Å². The Kier molecular flexibility index (Phi) is 5.88. The van der Waals surface area contributed by atoms with Crippen LogP contribution >= 0.6 is 11.6 Å². The van der Waals surface area contributed by atoms with Gasteiger partial charge in [0.1, 0.15) is 0 Å². The first-order valence-corrected chi connectivity index (χ1v) is 4.72. The number of allylic oxidation sites excluding steroid dienone is 5. The molecule has 0 aromatic heterocycles. The van der Waals surface area contributed by atoms with E-state index in [0.29, 0.717) is 10.6 Å². The van der Waals surface area contributed by atoms with Gasteiger partial charge >= 0.3 is 0 Å². The second-order valence-electron chi connectivity index (χ2n) is 2.97. The number of hydrogen-bond acceptors (Lipinski definition) is 2. The molecule has 0 aliphatic heterocycles. The summed E-state index contributed by atoms with van der Waals surface area (Å²) < 4.78 is 0. The Morgan fingerprint density at radius 1 is 1.43 bits per heavy atom. The predicted octanol–water partition coefficient (Wildman–Crippen LogP) is 3.65. The fourth-order valence-electron chi connectivity index (χ4n) is 0.832. The zero-order valence-corrected chi connectivity index (χ0v) is 9.34. The maximum Gasteiger partial charge on any atom is 0.268 e. The van der Waals surface area contributed by atoms with Gasteiger partial charge in [0.05, 0.1) is 4.92 Å². The minimum atomic E-state index is -0.415. The monoisotopic (exact) mass is 215 g/mol. The van der Waals surface area contributed by atoms with Crippen molar-refractivity contribution < 1.29 is 4.92 Å². The number of halogens is 1. The van der Waals surface area contributed by atoms with Crippen molar-refractivity contribution in [3.05, 3.63) is 44.6 Å². The fourth-order valence-corrected chi connectivity index (χ4v) is 1.05. The molecule has 3 nitrogen and oxygen atoms in total. The third kappa shape index (κ3) is 4.82. The van der Waals surface area contributed by atoms with Crippen molar-refractivity contribution in [3.63, 3.8) is 0 Å². The summed E-state index contributed by atoms with van der Waals surface area (Å²) in [6, 6.07) is 0. The molecule has 4 heteroatoms. The molecule has 0 N–H and O–H groups in total. The van der Waals surface area contributed by atoms with Crippen molar-refractivity contribution in [2.24, 2.45) is 0 Å². The minimum Gasteiger partial charge on any atom is -0.258 e. The lowest BCUT2D eigenvalue weighted by Gasteiger charge is -1.93. The highest BCUT2D eigenvalue weighted by molar-refractivity contribution is 6.31. The number of nitrogens with zero attached hydrogens (tertiary/aromatic N) is 1. The summed E-state index contributed by atoms with van der Waals surface area (Å²) >= 11 is 5.76. The molecule has 78 valence electrons. The summed E-state index contributed by atoms with van der Waals surface area (Å²) in [5.74, 6) is 0. The van der Waals surface area contributed by atoms with Crippen molar-refractivity contribution in [3.8, 4) is 0 Å². The third-order valence-electron chi connectivity index (χ3n) is 1.51. The maximum atomic E-state index is 10.5. The van der Waals surface area contributed by atoms with Crippen LogP contribution in [-0.2, 0) is 0 Å². The van der Waals surface area contributed by atoms with Crippen LogP contribution in [0.5, 0.6) is 0 Å². The van der Waals surface area contributed by atoms with Gasteiger partial charge in [-0.1, -0.05) is 24.6 Å². The summed E-state index contributed by atoms with van der Waals surface area (Å²) in [6.07, 6.45) is 5.56. The largest absolute Gasteiger partial charge is 0.268 e. The van der Waals surface area contributed by atoms with Gasteiger partial charge in [0.2, 0.25) is 0 Å². The molecule has 0 unspecified atom stereocenters. The Labute approximate surface area is 88.9 Å². The van der Waals surface area contributed by atoms with E-state index in [2.05, 4.69) is 0 Å². The highest BCUT2D eigenvalue weighted by atomic mass is 35.5. The van der Waals surface area contributed by atoms with E-state index >= 15 is 0 Å². The Hall–Kier alpha value is -1.09. The van der Waals surface area contributed by atoms with E-state index in [9.17, 15) is 10.1 Å². The van der Waals surface area contributed by atoms with Crippen LogP contribution in [0, 0.1) is 10.1 Å². The zero-order valence-electron chi connectivity index (χ0n) is 8.58. The molecular formula is C10H14ClNO2. The SMILES string of the molecule is CC/C=C(Cl)\C=C/C(=C(C)C)[N+](=O)[O-]. The average Bonchev–Trinajstić information content (AvgIpc) is 2.03. The van der Waals surface area contributed by atoms with Crippen molar-refractivity contribution in [2.75, 3.05) is 0 Å². The van der Waals surface area contributed by atoms with Gasteiger partial charge in [-0.05, 0) is 26.3 Å². The average molecular weight is 216 g/mol. The molecule has 0 aliphatic carbocycles. The van der Waals surface area contributed by atoms with Gasteiger partial charge in [-0.2, -0.15) is 0 Å². The van der Waals surface area contributed by atoms with E-state index in [-0.39, 0.29) is 5.70 Å². The topological polar surface area (TPSA) is 43.1 Å². The third-order valence-corrected chi connectivity index (χ3v) is 1.79. The number of rotatable bonds is 4. The standard InChI is InChI=1S/C10H14ClNO2/c1-4-5-9(11)6-7-10(8(2)3)12(13)14/h5-7H,4H2,1-3H3/b7-6-,9-5+. The van der Waals surface area contributed by atoms with Crippen molar-refractivity contribution >= 4 is 11.6 Å². The molecule has 0 atom stereocenters.